The molecule has 0 spiro atoms. The summed E-state index contributed by atoms with van der Waals surface area (Å²) in [5.74, 6) is -2.14. The molecule has 0 saturated carbocycles. The van der Waals surface area contributed by atoms with Crippen LogP contribution in [0.5, 0.6) is 0 Å². The first kappa shape index (κ1) is 26.5. The molecule has 0 aliphatic rings. The van der Waals surface area contributed by atoms with Gasteiger partial charge in [-0.25, -0.2) is 9.59 Å². The van der Waals surface area contributed by atoms with E-state index in [9.17, 15) is 19.5 Å². The average Bonchev–Trinajstić information content (AvgIpc) is 3.48. The zero-order valence-corrected chi connectivity index (χ0v) is 21.7. The van der Waals surface area contributed by atoms with Crippen LogP contribution in [0.15, 0.2) is 66.7 Å². The highest BCUT2D eigenvalue weighted by molar-refractivity contribution is 6.54. The highest BCUT2D eigenvalue weighted by atomic mass is 35.5. The van der Waals surface area contributed by atoms with Crippen LogP contribution >= 0.6 is 34.8 Å². The highest BCUT2D eigenvalue weighted by Gasteiger charge is 2.27. The highest BCUT2D eigenvalue weighted by Crippen LogP contribution is 2.35. The number of rotatable bonds is 8. The van der Waals surface area contributed by atoms with Crippen molar-refractivity contribution in [2.24, 2.45) is 0 Å². The molecule has 37 heavy (non-hydrogen) atoms. The number of carboxylic acids is 1. The molecule has 4 aromatic rings. The number of amides is 1. The average molecular weight is 566 g/mol. The zero-order chi connectivity index (χ0) is 26.9. The van der Waals surface area contributed by atoms with Crippen LogP contribution in [-0.2, 0) is 11.3 Å². The second-order valence-electron chi connectivity index (χ2n) is 8.22. The van der Waals surface area contributed by atoms with Gasteiger partial charge in [-0.3, -0.25) is 4.79 Å². The van der Waals surface area contributed by atoms with Crippen LogP contribution in [0.2, 0.25) is 5.02 Å². The standard InChI is InChI=1S/C25H19Cl3N2O7/c1-12(2)21-19(35-25(34)36-21)11-30(23(31)22(27)28)14-6-3-5-13(9-14)18-10-17(29-37-18)20-15(24(32)33)7-4-8-16(20)26/h3-10,12,22H,11H2,1-2H3,(H,32,33). The van der Waals surface area contributed by atoms with Gasteiger partial charge in [0.05, 0.1) is 17.1 Å². The number of carboxylic acid groups (broad SMARTS) is 1. The van der Waals surface area contributed by atoms with E-state index in [0.29, 0.717) is 17.0 Å². The summed E-state index contributed by atoms with van der Waals surface area (Å²) in [5, 5.41) is 13.7. The topological polar surface area (TPSA) is 127 Å². The number of hydrogen-bond donors (Lipinski definition) is 1. The first-order valence-electron chi connectivity index (χ1n) is 10.9. The molecule has 0 aliphatic heterocycles. The summed E-state index contributed by atoms with van der Waals surface area (Å²) in [6.07, 6.45) is 0. The van der Waals surface area contributed by atoms with E-state index in [4.69, 9.17) is 48.2 Å². The molecule has 4 rings (SSSR count). The Balaban J connectivity index is 1.73. The van der Waals surface area contributed by atoms with Crippen LogP contribution < -0.4 is 10.7 Å². The normalized spacial score (nSPS) is 11.3. The number of benzene rings is 2. The van der Waals surface area contributed by atoms with E-state index in [-0.39, 0.29) is 45.8 Å². The minimum Gasteiger partial charge on any atom is -0.478 e. The van der Waals surface area contributed by atoms with Crippen molar-refractivity contribution < 1.29 is 28.1 Å². The number of aromatic nitrogens is 1. The van der Waals surface area contributed by atoms with Gasteiger partial charge in [-0.15, -0.1) is 0 Å². The summed E-state index contributed by atoms with van der Waals surface area (Å²) in [5.41, 5.74) is 1.28. The lowest BCUT2D eigenvalue weighted by Crippen LogP contribution is -2.34. The molecule has 0 fully saturated rings. The van der Waals surface area contributed by atoms with E-state index in [1.54, 1.807) is 30.3 Å². The first-order chi connectivity index (χ1) is 17.6. The minimum atomic E-state index is -1.39. The summed E-state index contributed by atoms with van der Waals surface area (Å²) in [7, 11) is 0. The lowest BCUT2D eigenvalue weighted by atomic mass is 10.0. The predicted octanol–water partition coefficient (Wildman–Crippen LogP) is 6.37. The van der Waals surface area contributed by atoms with Gasteiger partial charge in [0.25, 0.3) is 5.91 Å². The van der Waals surface area contributed by atoms with Crippen molar-refractivity contribution in [2.75, 3.05) is 4.90 Å². The molecule has 0 radical (unpaired) electrons. The van der Waals surface area contributed by atoms with Crippen LogP contribution in [0.1, 0.15) is 41.6 Å². The lowest BCUT2D eigenvalue weighted by molar-refractivity contribution is -0.117. The molecule has 2 aromatic carbocycles. The maximum absolute atomic E-state index is 12.9. The number of nitrogens with zero attached hydrogens (tertiary/aromatic N) is 2. The summed E-state index contributed by atoms with van der Waals surface area (Å²) in [6.45, 7) is 3.46. The zero-order valence-electron chi connectivity index (χ0n) is 19.4. The molecule has 2 heterocycles. The molecule has 0 unspecified atom stereocenters. The summed E-state index contributed by atoms with van der Waals surface area (Å²) in [4.78, 5) is 36.2. The SMILES string of the molecule is CC(C)c1oc(=O)oc1CN(C(=O)C(Cl)Cl)c1cccc(-c2cc(-c3c(Cl)cccc3C(=O)O)no2)c1. The second kappa shape index (κ2) is 10.8. The number of carbonyl (C=O) groups is 2. The molecule has 0 aliphatic carbocycles. The largest absolute Gasteiger partial charge is 0.519 e. The lowest BCUT2D eigenvalue weighted by Gasteiger charge is -2.23. The number of carbonyl (C=O) groups excluding carboxylic acids is 1. The predicted molar refractivity (Wildman–Crippen MR) is 137 cm³/mol. The van der Waals surface area contributed by atoms with Gasteiger partial charge in [0.1, 0.15) is 5.69 Å². The molecule has 1 N–H and O–H groups in total. The third-order valence-corrected chi connectivity index (χ3v) is 6.09. The molecule has 0 bridgehead atoms. The minimum absolute atomic E-state index is 0.0318. The smallest absolute Gasteiger partial charge is 0.478 e. The Kier molecular flexibility index (Phi) is 7.77. The van der Waals surface area contributed by atoms with Gasteiger partial charge >= 0.3 is 11.8 Å². The van der Waals surface area contributed by atoms with E-state index < -0.39 is 22.5 Å². The number of alkyl halides is 2. The Bertz CT molecular complexity index is 1520. The van der Waals surface area contributed by atoms with Crippen molar-refractivity contribution in [1.82, 2.24) is 5.16 Å². The van der Waals surface area contributed by atoms with Gasteiger partial charge in [-0.1, -0.05) is 72.0 Å². The Hall–Kier alpha value is -3.53. The van der Waals surface area contributed by atoms with Crippen LogP contribution in [0.25, 0.3) is 22.6 Å². The molecule has 2 aromatic heterocycles. The van der Waals surface area contributed by atoms with Crippen molar-refractivity contribution in [3.63, 3.8) is 0 Å². The third-order valence-electron chi connectivity index (χ3n) is 5.41. The summed E-state index contributed by atoms with van der Waals surface area (Å²) >= 11 is 18.1. The number of anilines is 1. The van der Waals surface area contributed by atoms with Crippen molar-refractivity contribution >= 4 is 52.4 Å². The second-order valence-corrected chi connectivity index (χ2v) is 9.72. The molecule has 192 valence electrons. The fourth-order valence-electron chi connectivity index (χ4n) is 3.75. The van der Waals surface area contributed by atoms with Gasteiger partial charge < -0.3 is 23.4 Å². The molecular formula is C25H19Cl3N2O7. The maximum Gasteiger partial charge on any atom is 0.519 e. The number of halogens is 3. The van der Waals surface area contributed by atoms with Crippen LogP contribution in [0.3, 0.4) is 0 Å². The fraction of sp³-hybridized carbons (Fsp3) is 0.200. The van der Waals surface area contributed by atoms with Gasteiger partial charge in [0, 0.05) is 28.8 Å². The quantitative estimate of drug-likeness (QED) is 0.244. The molecular weight excluding hydrogens is 547 g/mol. The third kappa shape index (κ3) is 5.58. The van der Waals surface area contributed by atoms with E-state index in [0.717, 1.165) is 0 Å². The van der Waals surface area contributed by atoms with Crippen LogP contribution in [0, 0.1) is 0 Å². The van der Waals surface area contributed by atoms with Crippen LogP contribution in [0.4, 0.5) is 5.69 Å². The Morgan fingerprint density at radius 2 is 1.81 bits per heavy atom. The van der Waals surface area contributed by atoms with Crippen LogP contribution in [-0.4, -0.2) is 27.0 Å². The van der Waals surface area contributed by atoms with Gasteiger partial charge in [0.15, 0.2) is 22.1 Å². The summed E-state index contributed by atoms with van der Waals surface area (Å²) in [6, 6.07) is 12.7. The molecule has 0 saturated heterocycles. The Morgan fingerprint density at radius 3 is 2.49 bits per heavy atom. The van der Waals surface area contributed by atoms with Crippen molar-refractivity contribution in [1.29, 1.82) is 0 Å². The number of aromatic carboxylic acids is 1. The number of hydrogen-bond acceptors (Lipinski definition) is 7. The first-order valence-corrected chi connectivity index (χ1v) is 12.1. The Labute approximate surface area is 225 Å². The van der Waals surface area contributed by atoms with Crippen molar-refractivity contribution in [3.05, 3.63) is 81.3 Å². The molecule has 9 nitrogen and oxygen atoms in total. The molecule has 12 heteroatoms. The van der Waals surface area contributed by atoms with E-state index >= 15 is 0 Å². The molecule has 1 amide bonds. The fourth-order valence-corrected chi connectivity index (χ4v) is 4.25. The van der Waals surface area contributed by atoms with E-state index in [2.05, 4.69) is 5.16 Å². The van der Waals surface area contributed by atoms with Crippen molar-refractivity contribution in [2.45, 2.75) is 31.1 Å². The van der Waals surface area contributed by atoms with E-state index in [1.807, 2.05) is 13.8 Å². The maximum atomic E-state index is 12.9. The van der Waals surface area contributed by atoms with Gasteiger partial charge in [-0.05, 0) is 24.3 Å². The molecule has 0 atom stereocenters. The monoisotopic (exact) mass is 564 g/mol. The summed E-state index contributed by atoms with van der Waals surface area (Å²) < 4.78 is 15.8. The Morgan fingerprint density at radius 1 is 1.08 bits per heavy atom. The van der Waals surface area contributed by atoms with E-state index in [1.165, 1.54) is 23.1 Å². The van der Waals surface area contributed by atoms with Gasteiger partial charge in [-0.2, -0.15) is 0 Å². The van der Waals surface area contributed by atoms with Gasteiger partial charge in [0.2, 0.25) is 0 Å². The van der Waals surface area contributed by atoms with Crippen molar-refractivity contribution in [3.8, 4) is 22.6 Å².